The third-order valence-electron chi connectivity index (χ3n) is 2.00. The van der Waals surface area contributed by atoms with Gasteiger partial charge in [0.15, 0.2) is 0 Å². The number of nitrogens with zero attached hydrogens (tertiary/aromatic N) is 2. The van der Waals surface area contributed by atoms with Gasteiger partial charge in [-0.2, -0.15) is 0 Å². The molecule has 1 rings (SSSR count). The Morgan fingerprint density at radius 2 is 2.08 bits per heavy atom. The molecule has 1 N–H and O–H groups in total. The second-order valence-corrected chi connectivity index (χ2v) is 2.86. The first kappa shape index (κ1) is 9.99. The fraction of sp³-hybridized carbons (Fsp3) is 0.500. The number of aliphatic hydroxyl groups excluding tert-OH is 1. The van der Waals surface area contributed by atoms with Crippen molar-refractivity contribution in [3.63, 3.8) is 0 Å². The number of aromatic nitrogens is 1. The van der Waals surface area contributed by atoms with Gasteiger partial charge in [0.1, 0.15) is 0 Å². The molecule has 0 spiro atoms. The lowest BCUT2D eigenvalue weighted by Gasteiger charge is -2.22. The molecule has 0 radical (unpaired) electrons. The lowest BCUT2D eigenvalue weighted by Crippen LogP contribution is -2.24. The van der Waals surface area contributed by atoms with Crippen LogP contribution in [0.2, 0.25) is 0 Å². The van der Waals surface area contributed by atoms with Crippen molar-refractivity contribution in [3.8, 4) is 0 Å². The van der Waals surface area contributed by atoms with E-state index in [0.717, 1.165) is 19.5 Å². The molecule has 13 heavy (non-hydrogen) atoms. The van der Waals surface area contributed by atoms with Crippen LogP contribution in [0, 0.1) is 0 Å². The van der Waals surface area contributed by atoms with Crippen LogP contribution in [0.25, 0.3) is 0 Å². The molecule has 0 unspecified atom stereocenters. The van der Waals surface area contributed by atoms with E-state index in [1.54, 1.807) is 12.4 Å². The fourth-order valence-corrected chi connectivity index (χ4v) is 1.29. The van der Waals surface area contributed by atoms with Crippen molar-refractivity contribution in [2.45, 2.75) is 13.3 Å². The van der Waals surface area contributed by atoms with Crippen LogP contribution in [0.5, 0.6) is 0 Å². The fourth-order valence-electron chi connectivity index (χ4n) is 1.29. The summed E-state index contributed by atoms with van der Waals surface area (Å²) < 4.78 is 0. The highest BCUT2D eigenvalue weighted by Gasteiger charge is 2.01. The van der Waals surface area contributed by atoms with Crippen LogP contribution in [0.15, 0.2) is 24.5 Å². The SMILES string of the molecule is CCN(CCCO)c1ccncc1. The summed E-state index contributed by atoms with van der Waals surface area (Å²) >= 11 is 0. The van der Waals surface area contributed by atoms with Gasteiger partial charge in [-0.05, 0) is 25.5 Å². The van der Waals surface area contributed by atoms with Crippen molar-refractivity contribution in [2.24, 2.45) is 0 Å². The van der Waals surface area contributed by atoms with Crippen LogP contribution in [0.3, 0.4) is 0 Å². The predicted molar refractivity (Wildman–Crippen MR) is 53.8 cm³/mol. The Morgan fingerprint density at radius 1 is 1.38 bits per heavy atom. The summed E-state index contributed by atoms with van der Waals surface area (Å²) in [6.45, 7) is 4.22. The van der Waals surface area contributed by atoms with E-state index in [1.807, 2.05) is 12.1 Å². The Morgan fingerprint density at radius 3 is 2.62 bits per heavy atom. The molecular formula is C10H16N2O. The van der Waals surface area contributed by atoms with Crippen molar-refractivity contribution < 1.29 is 5.11 Å². The summed E-state index contributed by atoms with van der Waals surface area (Å²) in [5, 5.41) is 8.72. The maximum Gasteiger partial charge on any atom is 0.0447 e. The largest absolute Gasteiger partial charge is 0.396 e. The molecule has 0 aromatic carbocycles. The van der Waals surface area contributed by atoms with Gasteiger partial charge < -0.3 is 10.0 Å². The minimum absolute atomic E-state index is 0.252. The molecular weight excluding hydrogens is 164 g/mol. The predicted octanol–water partition coefficient (Wildman–Crippen LogP) is 1.29. The second kappa shape index (κ2) is 5.54. The van der Waals surface area contributed by atoms with Crippen LogP contribution in [0.1, 0.15) is 13.3 Å². The first-order valence-corrected chi connectivity index (χ1v) is 4.64. The van der Waals surface area contributed by atoms with E-state index in [-0.39, 0.29) is 6.61 Å². The van der Waals surface area contributed by atoms with E-state index in [1.165, 1.54) is 5.69 Å². The summed E-state index contributed by atoms with van der Waals surface area (Å²) in [6.07, 6.45) is 4.39. The molecule has 72 valence electrons. The number of hydrogen-bond donors (Lipinski definition) is 1. The van der Waals surface area contributed by atoms with Crippen LogP contribution in [-0.2, 0) is 0 Å². The van der Waals surface area contributed by atoms with Gasteiger partial charge in [0.2, 0.25) is 0 Å². The highest BCUT2D eigenvalue weighted by molar-refractivity contribution is 5.44. The van der Waals surface area contributed by atoms with Gasteiger partial charge in [-0.3, -0.25) is 4.98 Å². The number of pyridine rings is 1. The molecule has 1 aromatic heterocycles. The first-order valence-electron chi connectivity index (χ1n) is 4.64. The number of aliphatic hydroxyl groups is 1. The molecule has 3 heteroatoms. The summed E-state index contributed by atoms with van der Waals surface area (Å²) in [6, 6.07) is 3.97. The quantitative estimate of drug-likeness (QED) is 0.741. The third-order valence-corrected chi connectivity index (χ3v) is 2.00. The zero-order chi connectivity index (χ0) is 9.52. The van der Waals surface area contributed by atoms with Gasteiger partial charge >= 0.3 is 0 Å². The zero-order valence-electron chi connectivity index (χ0n) is 7.98. The van der Waals surface area contributed by atoms with Gasteiger partial charge in [-0.15, -0.1) is 0 Å². The van der Waals surface area contributed by atoms with Gasteiger partial charge in [-0.25, -0.2) is 0 Å². The Labute approximate surface area is 79.0 Å². The molecule has 1 aromatic rings. The smallest absolute Gasteiger partial charge is 0.0447 e. The molecule has 0 amide bonds. The molecule has 0 aliphatic heterocycles. The summed E-state index contributed by atoms with van der Waals surface area (Å²) in [4.78, 5) is 6.19. The highest BCUT2D eigenvalue weighted by Crippen LogP contribution is 2.11. The average molecular weight is 180 g/mol. The van der Waals surface area contributed by atoms with Crippen LogP contribution in [0.4, 0.5) is 5.69 Å². The van der Waals surface area contributed by atoms with E-state index in [0.29, 0.717) is 0 Å². The molecule has 0 bridgehead atoms. The van der Waals surface area contributed by atoms with Crippen LogP contribution < -0.4 is 4.90 Å². The van der Waals surface area contributed by atoms with E-state index in [9.17, 15) is 0 Å². The molecule has 0 aliphatic rings. The Balaban J connectivity index is 2.56. The van der Waals surface area contributed by atoms with E-state index < -0.39 is 0 Å². The van der Waals surface area contributed by atoms with E-state index in [2.05, 4.69) is 16.8 Å². The van der Waals surface area contributed by atoms with Crippen LogP contribution in [-0.4, -0.2) is 29.8 Å². The number of hydrogen-bond acceptors (Lipinski definition) is 3. The lowest BCUT2D eigenvalue weighted by atomic mass is 10.3. The highest BCUT2D eigenvalue weighted by atomic mass is 16.3. The van der Waals surface area contributed by atoms with E-state index >= 15 is 0 Å². The summed E-state index contributed by atoms with van der Waals surface area (Å²) in [5.41, 5.74) is 1.17. The van der Waals surface area contributed by atoms with Crippen molar-refractivity contribution in [2.75, 3.05) is 24.6 Å². The number of rotatable bonds is 5. The Kier molecular flexibility index (Phi) is 4.26. The molecule has 0 aliphatic carbocycles. The van der Waals surface area contributed by atoms with Crippen LogP contribution >= 0.6 is 0 Å². The Bertz CT molecular complexity index is 226. The molecule has 0 atom stereocenters. The molecule has 0 fully saturated rings. The number of anilines is 1. The summed E-state index contributed by atoms with van der Waals surface area (Å²) in [7, 11) is 0. The van der Waals surface area contributed by atoms with Crippen molar-refractivity contribution in [3.05, 3.63) is 24.5 Å². The zero-order valence-corrected chi connectivity index (χ0v) is 7.98. The van der Waals surface area contributed by atoms with Gasteiger partial charge in [0.25, 0.3) is 0 Å². The van der Waals surface area contributed by atoms with Crippen molar-refractivity contribution in [1.29, 1.82) is 0 Å². The molecule has 0 saturated heterocycles. The lowest BCUT2D eigenvalue weighted by molar-refractivity contribution is 0.289. The normalized spacial score (nSPS) is 10.0. The standard InChI is InChI=1S/C10H16N2O/c1-2-12(8-3-9-13)10-4-6-11-7-5-10/h4-7,13H,2-3,8-9H2,1H3. The van der Waals surface area contributed by atoms with Gasteiger partial charge in [0.05, 0.1) is 0 Å². The maximum atomic E-state index is 8.72. The molecule has 1 heterocycles. The average Bonchev–Trinajstić information content (AvgIpc) is 2.21. The van der Waals surface area contributed by atoms with Crippen molar-refractivity contribution >= 4 is 5.69 Å². The third kappa shape index (κ3) is 3.03. The Hall–Kier alpha value is -1.09. The van der Waals surface area contributed by atoms with Gasteiger partial charge in [0, 0.05) is 37.8 Å². The maximum absolute atomic E-state index is 8.72. The van der Waals surface area contributed by atoms with E-state index in [4.69, 9.17) is 5.11 Å². The first-order chi connectivity index (χ1) is 6.38. The monoisotopic (exact) mass is 180 g/mol. The van der Waals surface area contributed by atoms with Crippen molar-refractivity contribution in [1.82, 2.24) is 4.98 Å². The minimum Gasteiger partial charge on any atom is -0.396 e. The molecule has 3 nitrogen and oxygen atoms in total. The van der Waals surface area contributed by atoms with Gasteiger partial charge in [-0.1, -0.05) is 0 Å². The molecule has 0 saturated carbocycles. The minimum atomic E-state index is 0.252. The summed E-state index contributed by atoms with van der Waals surface area (Å²) in [5.74, 6) is 0. The second-order valence-electron chi connectivity index (χ2n) is 2.86. The topological polar surface area (TPSA) is 36.4 Å².